The minimum absolute atomic E-state index is 0.226. The summed E-state index contributed by atoms with van der Waals surface area (Å²) in [5.41, 5.74) is 2.07. The van der Waals surface area contributed by atoms with Crippen LogP contribution in [0.4, 0.5) is 0 Å². The zero-order valence-electron chi connectivity index (χ0n) is 12.8. The summed E-state index contributed by atoms with van der Waals surface area (Å²) in [7, 11) is 0. The van der Waals surface area contributed by atoms with Crippen molar-refractivity contribution in [1.82, 2.24) is 10.3 Å². The van der Waals surface area contributed by atoms with Crippen molar-refractivity contribution < 1.29 is 9.90 Å². The van der Waals surface area contributed by atoms with Gasteiger partial charge in [-0.3, -0.25) is 9.59 Å². The standard InChI is InChI=1S/C19H16N2O3/c22-17-12-6-2-1-5-11(12)9-16(17)21-19(24)15-10-20-18(23)14-8-4-3-7-13(14)15/h1-8,10,16-17,22H,9H2,(H,20,23)(H,21,24)/t16-,17-/m0/s1. The first-order valence-electron chi connectivity index (χ1n) is 7.82. The van der Waals surface area contributed by atoms with E-state index in [0.29, 0.717) is 22.8 Å². The summed E-state index contributed by atoms with van der Waals surface area (Å²) in [6.45, 7) is 0. The number of rotatable bonds is 2. The number of aliphatic hydroxyl groups excluding tert-OH is 1. The normalized spacial score (nSPS) is 19.2. The SMILES string of the molecule is O=C(N[C@H]1Cc2ccccc2[C@@H]1O)c1c[nH]c(=O)c2ccccc12. The molecule has 1 aliphatic carbocycles. The molecular weight excluding hydrogens is 304 g/mol. The minimum Gasteiger partial charge on any atom is -0.386 e. The average molecular weight is 320 g/mol. The van der Waals surface area contributed by atoms with E-state index in [1.54, 1.807) is 24.3 Å². The Morgan fingerprint density at radius 2 is 1.79 bits per heavy atom. The summed E-state index contributed by atoms with van der Waals surface area (Å²) in [4.78, 5) is 27.1. The predicted octanol–water partition coefficient (Wildman–Crippen LogP) is 1.92. The lowest BCUT2D eigenvalue weighted by molar-refractivity contribution is 0.0860. The first-order chi connectivity index (χ1) is 11.6. The van der Waals surface area contributed by atoms with Gasteiger partial charge >= 0.3 is 0 Å². The van der Waals surface area contributed by atoms with Gasteiger partial charge in [-0.15, -0.1) is 0 Å². The Morgan fingerprint density at radius 1 is 1.08 bits per heavy atom. The molecule has 0 bridgehead atoms. The number of hydrogen-bond donors (Lipinski definition) is 3. The van der Waals surface area contributed by atoms with Crippen LogP contribution in [0.2, 0.25) is 0 Å². The van der Waals surface area contributed by atoms with Gasteiger partial charge in [-0.05, 0) is 23.6 Å². The number of pyridine rings is 1. The highest BCUT2D eigenvalue weighted by atomic mass is 16.3. The van der Waals surface area contributed by atoms with Gasteiger partial charge in [-0.25, -0.2) is 0 Å². The van der Waals surface area contributed by atoms with Crippen molar-refractivity contribution in [1.29, 1.82) is 0 Å². The molecule has 5 nitrogen and oxygen atoms in total. The second-order valence-electron chi connectivity index (χ2n) is 6.00. The Hall–Kier alpha value is -2.92. The number of carbonyl (C=O) groups excluding carboxylic acids is 1. The number of aromatic nitrogens is 1. The number of amides is 1. The van der Waals surface area contributed by atoms with Crippen molar-refractivity contribution in [2.24, 2.45) is 0 Å². The van der Waals surface area contributed by atoms with Crippen molar-refractivity contribution in [3.63, 3.8) is 0 Å². The highest BCUT2D eigenvalue weighted by Crippen LogP contribution is 2.31. The first kappa shape index (κ1) is 14.7. The molecule has 1 amide bonds. The molecule has 0 spiro atoms. The number of H-pyrrole nitrogens is 1. The van der Waals surface area contributed by atoms with Crippen LogP contribution in [0.25, 0.3) is 10.8 Å². The molecule has 0 unspecified atom stereocenters. The van der Waals surface area contributed by atoms with Crippen molar-refractivity contribution >= 4 is 16.7 Å². The molecule has 4 rings (SSSR count). The molecule has 0 fully saturated rings. The molecule has 0 aliphatic heterocycles. The van der Waals surface area contributed by atoms with Crippen LogP contribution in [0.3, 0.4) is 0 Å². The Morgan fingerprint density at radius 3 is 2.58 bits per heavy atom. The fourth-order valence-electron chi connectivity index (χ4n) is 3.35. The number of nitrogens with one attached hydrogen (secondary N) is 2. The van der Waals surface area contributed by atoms with E-state index in [2.05, 4.69) is 10.3 Å². The maximum absolute atomic E-state index is 12.7. The molecule has 2 aromatic carbocycles. The monoisotopic (exact) mass is 320 g/mol. The second kappa shape index (κ2) is 5.62. The third-order valence-corrected chi connectivity index (χ3v) is 4.57. The molecule has 0 saturated heterocycles. The molecule has 5 heteroatoms. The fraction of sp³-hybridized carbons (Fsp3) is 0.158. The molecule has 120 valence electrons. The van der Waals surface area contributed by atoms with Crippen LogP contribution in [-0.2, 0) is 6.42 Å². The summed E-state index contributed by atoms with van der Waals surface area (Å²) in [5.74, 6) is -0.306. The minimum atomic E-state index is -0.723. The third-order valence-electron chi connectivity index (χ3n) is 4.57. The lowest BCUT2D eigenvalue weighted by Crippen LogP contribution is -2.38. The highest BCUT2D eigenvalue weighted by Gasteiger charge is 2.32. The maximum atomic E-state index is 12.7. The zero-order valence-corrected chi connectivity index (χ0v) is 12.8. The quantitative estimate of drug-likeness (QED) is 0.674. The van der Waals surface area contributed by atoms with Crippen LogP contribution in [0.1, 0.15) is 27.6 Å². The van der Waals surface area contributed by atoms with Crippen LogP contribution >= 0.6 is 0 Å². The lowest BCUT2D eigenvalue weighted by atomic mass is 10.1. The molecule has 1 aromatic heterocycles. The van der Waals surface area contributed by atoms with E-state index in [0.717, 1.165) is 11.1 Å². The van der Waals surface area contributed by atoms with Gasteiger partial charge in [0.1, 0.15) is 0 Å². The number of aliphatic hydroxyl groups is 1. The van der Waals surface area contributed by atoms with Crippen molar-refractivity contribution in [3.8, 4) is 0 Å². The first-order valence-corrected chi connectivity index (χ1v) is 7.82. The van der Waals surface area contributed by atoms with Crippen molar-refractivity contribution in [2.75, 3.05) is 0 Å². The summed E-state index contributed by atoms with van der Waals surface area (Å²) >= 11 is 0. The third kappa shape index (κ3) is 2.30. The molecule has 2 atom stereocenters. The molecule has 3 aromatic rings. The summed E-state index contributed by atoms with van der Waals surface area (Å²) < 4.78 is 0. The van der Waals surface area contributed by atoms with Gasteiger partial charge in [-0.1, -0.05) is 42.5 Å². The van der Waals surface area contributed by atoms with Gasteiger partial charge in [0.15, 0.2) is 0 Å². The van der Waals surface area contributed by atoms with Crippen LogP contribution in [0.5, 0.6) is 0 Å². The van der Waals surface area contributed by atoms with Gasteiger partial charge in [0.05, 0.1) is 17.7 Å². The van der Waals surface area contributed by atoms with Crippen LogP contribution in [0.15, 0.2) is 59.5 Å². The Balaban J connectivity index is 1.65. The van der Waals surface area contributed by atoms with Crippen molar-refractivity contribution in [2.45, 2.75) is 18.6 Å². The Labute approximate surface area is 138 Å². The number of aromatic amines is 1. The Kier molecular flexibility index (Phi) is 3.43. The van der Waals surface area contributed by atoms with E-state index in [1.807, 2.05) is 24.3 Å². The van der Waals surface area contributed by atoms with E-state index in [-0.39, 0.29) is 17.5 Å². The summed E-state index contributed by atoms with van der Waals surface area (Å²) in [6.07, 6.45) is 1.29. The van der Waals surface area contributed by atoms with Gasteiger partial charge < -0.3 is 15.4 Å². The number of fused-ring (bicyclic) bond motifs is 2. The van der Waals surface area contributed by atoms with E-state index < -0.39 is 6.10 Å². The largest absolute Gasteiger partial charge is 0.386 e. The molecule has 1 heterocycles. The van der Waals surface area contributed by atoms with Crippen LogP contribution in [-0.4, -0.2) is 22.0 Å². The van der Waals surface area contributed by atoms with Gasteiger partial charge in [0.25, 0.3) is 11.5 Å². The van der Waals surface area contributed by atoms with E-state index in [9.17, 15) is 14.7 Å². The fourth-order valence-corrected chi connectivity index (χ4v) is 3.35. The lowest BCUT2D eigenvalue weighted by Gasteiger charge is -2.17. The summed E-state index contributed by atoms with van der Waals surface area (Å²) in [6, 6.07) is 14.2. The molecule has 1 aliphatic rings. The Bertz CT molecular complexity index is 993. The van der Waals surface area contributed by atoms with Gasteiger partial charge in [0, 0.05) is 17.0 Å². The van der Waals surface area contributed by atoms with Gasteiger partial charge in [-0.2, -0.15) is 0 Å². The van der Waals surface area contributed by atoms with E-state index in [1.165, 1.54) is 6.20 Å². The number of carbonyl (C=O) groups is 1. The van der Waals surface area contributed by atoms with Crippen LogP contribution < -0.4 is 10.9 Å². The highest BCUT2D eigenvalue weighted by molar-refractivity contribution is 6.06. The molecule has 24 heavy (non-hydrogen) atoms. The smallest absolute Gasteiger partial charge is 0.255 e. The number of hydrogen-bond acceptors (Lipinski definition) is 3. The molecule has 0 radical (unpaired) electrons. The van der Waals surface area contributed by atoms with Crippen LogP contribution in [0, 0.1) is 0 Å². The second-order valence-corrected chi connectivity index (χ2v) is 6.00. The summed E-state index contributed by atoms with van der Waals surface area (Å²) in [5, 5.41) is 14.4. The average Bonchev–Trinajstić information content (AvgIpc) is 2.92. The topological polar surface area (TPSA) is 82.2 Å². The zero-order chi connectivity index (χ0) is 16.7. The van der Waals surface area contributed by atoms with E-state index >= 15 is 0 Å². The molecule has 0 saturated carbocycles. The predicted molar refractivity (Wildman–Crippen MR) is 90.9 cm³/mol. The molecule has 3 N–H and O–H groups in total. The van der Waals surface area contributed by atoms with E-state index in [4.69, 9.17) is 0 Å². The molecular formula is C19H16N2O3. The van der Waals surface area contributed by atoms with Crippen molar-refractivity contribution in [3.05, 3.63) is 81.8 Å². The number of benzene rings is 2. The maximum Gasteiger partial charge on any atom is 0.255 e. The van der Waals surface area contributed by atoms with Gasteiger partial charge in [0.2, 0.25) is 0 Å².